The molecule has 62 valence electrons. The minimum atomic E-state index is 0.958. The van der Waals surface area contributed by atoms with Crippen LogP contribution >= 0.6 is 0 Å². The Labute approximate surface area is 69.7 Å². The van der Waals surface area contributed by atoms with Crippen LogP contribution in [0.3, 0.4) is 0 Å². The van der Waals surface area contributed by atoms with Gasteiger partial charge >= 0.3 is 0 Å². The molecular weight excluding hydrogens is 132 g/mol. The fourth-order valence-electron chi connectivity index (χ4n) is 3.10. The Bertz CT molecular complexity index is 188. The molecule has 4 unspecified atom stereocenters. The molecule has 2 aliphatic carbocycles. The molecule has 11 heavy (non-hydrogen) atoms. The lowest BCUT2D eigenvalue weighted by atomic mass is 9.79. The topological polar surface area (TPSA) is 0 Å². The van der Waals surface area contributed by atoms with Gasteiger partial charge in [0, 0.05) is 0 Å². The van der Waals surface area contributed by atoms with E-state index in [1.165, 1.54) is 12.8 Å². The first-order chi connectivity index (χ1) is 5.24. The first kappa shape index (κ1) is 7.39. The predicted molar refractivity (Wildman–Crippen MR) is 48.3 cm³/mol. The van der Waals surface area contributed by atoms with E-state index in [-0.39, 0.29) is 0 Å². The van der Waals surface area contributed by atoms with Gasteiger partial charge in [-0.25, -0.2) is 0 Å². The normalized spacial score (nSPS) is 52.5. The Balaban J connectivity index is 2.22. The van der Waals surface area contributed by atoms with Crippen LogP contribution in [-0.4, -0.2) is 0 Å². The van der Waals surface area contributed by atoms with Gasteiger partial charge in [0.15, 0.2) is 0 Å². The smallest absolute Gasteiger partial charge is 0.0172 e. The van der Waals surface area contributed by atoms with Crippen molar-refractivity contribution in [2.75, 3.05) is 0 Å². The van der Waals surface area contributed by atoms with Crippen LogP contribution < -0.4 is 0 Å². The summed E-state index contributed by atoms with van der Waals surface area (Å²) < 4.78 is 0. The predicted octanol–water partition coefficient (Wildman–Crippen LogP) is 3.24. The summed E-state index contributed by atoms with van der Waals surface area (Å²) in [6, 6.07) is 0. The summed E-state index contributed by atoms with van der Waals surface area (Å²) in [4.78, 5) is 0. The Hall–Kier alpha value is -0.260. The Morgan fingerprint density at radius 2 is 2.00 bits per heavy atom. The van der Waals surface area contributed by atoms with Crippen LogP contribution in [0.1, 0.15) is 33.6 Å². The molecule has 0 aromatic heterocycles. The molecule has 2 bridgehead atoms. The third-order valence-corrected chi connectivity index (χ3v) is 4.11. The Kier molecular flexibility index (Phi) is 1.59. The van der Waals surface area contributed by atoms with E-state index in [2.05, 4.69) is 26.8 Å². The summed E-state index contributed by atoms with van der Waals surface area (Å²) in [5, 5.41) is 0. The van der Waals surface area contributed by atoms with Crippen molar-refractivity contribution in [1.29, 1.82) is 0 Å². The van der Waals surface area contributed by atoms with Gasteiger partial charge in [-0.05, 0) is 43.4 Å². The number of fused-ring (bicyclic) bond motifs is 2. The quantitative estimate of drug-likeness (QED) is 0.465. The second kappa shape index (κ2) is 2.36. The van der Waals surface area contributed by atoms with Gasteiger partial charge in [-0.2, -0.15) is 0 Å². The second-order valence-corrected chi connectivity index (χ2v) is 4.39. The molecule has 0 heteroatoms. The lowest BCUT2D eigenvalue weighted by Gasteiger charge is -2.26. The van der Waals surface area contributed by atoms with Gasteiger partial charge in [0.25, 0.3) is 0 Å². The third kappa shape index (κ3) is 0.881. The van der Waals surface area contributed by atoms with E-state index in [1.807, 2.05) is 0 Å². The number of hydrogen-bond donors (Lipinski definition) is 0. The monoisotopic (exact) mass is 150 g/mol. The number of allylic oxidation sites excluding steroid dienone is 2. The van der Waals surface area contributed by atoms with Crippen molar-refractivity contribution in [3.8, 4) is 0 Å². The fraction of sp³-hybridized carbons (Fsp3) is 0.818. The third-order valence-electron chi connectivity index (χ3n) is 4.11. The molecule has 0 aromatic rings. The standard InChI is InChI=1S/C11H18/c1-4-9-5-10-6-11(9)8(3)7(10)2/h4,7-8,10-11H,5-6H2,1-3H3. The van der Waals surface area contributed by atoms with Gasteiger partial charge in [0.05, 0.1) is 0 Å². The maximum Gasteiger partial charge on any atom is -0.0172 e. The first-order valence-corrected chi connectivity index (χ1v) is 4.89. The minimum Gasteiger partial charge on any atom is -0.0882 e. The molecule has 4 atom stereocenters. The number of hydrogen-bond acceptors (Lipinski definition) is 0. The molecule has 0 radical (unpaired) electrons. The average Bonchev–Trinajstić information content (AvgIpc) is 2.53. The maximum atomic E-state index is 2.43. The van der Waals surface area contributed by atoms with Crippen molar-refractivity contribution >= 4 is 0 Å². The summed E-state index contributed by atoms with van der Waals surface area (Å²) in [6.07, 6.45) is 5.25. The lowest BCUT2D eigenvalue weighted by molar-refractivity contribution is 0.305. The molecule has 0 aromatic carbocycles. The van der Waals surface area contributed by atoms with E-state index < -0.39 is 0 Å². The minimum absolute atomic E-state index is 0.958. The molecule has 2 fully saturated rings. The Morgan fingerprint density at radius 1 is 1.27 bits per heavy atom. The van der Waals surface area contributed by atoms with E-state index >= 15 is 0 Å². The van der Waals surface area contributed by atoms with Gasteiger partial charge in [-0.3, -0.25) is 0 Å². The van der Waals surface area contributed by atoms with E-state index in [0.717, 1.165) is 23.7 Å². The number of rotatable bonds is 0. The van der Waals surface area contributed by atoms with Gasteiger partial charge in [-0.15, -0.1) is 0 Å². The van der Waals surface area contributed by atoms with Gasteiger partial charge in [0.1, 0.15) is 0 Å². The molecule has 2 rings (SSSR count). The van der Waals surface area contributed by atoms with E-state index in [9.17, 15) is 0 Å². The molecule has 0 aliphatic heterocycles. The van der Waals surface area contributed by atoms with Crippen molar-refractivity contribution in [1.82, 2.24) is 0 Å². The van der Waals surface area contributed by atoms with Crippen LogP contribution in [0.2, 0.25) is 0 Å². The molecule has 0 saturated heterocycles. The zero-order chi connectivity index (χ0) is 8.01. The molecular formula is C11H18. The van der Waals surface area contributed by atoms with Crippen LogP contribution in [0.25, 0.3) is 0 Å². The zero-order valence-corrected chi connectivity index (χ0v) is 7.80. The second-order valence-electron chi connectivity index (χ2n) is 4.39. The summed E-state index contributed by atoms with van der Waals surface area (Å²) in [5.41, 5.74) is 1.75. The SMILES string of the molecule is CC=C1CC2CC1C(C)C2C. The summed E-state index contributed by atoms with van der Waals surface area (Å²) in [5.74, 6) is 3.94. The van der Waals surface area contributed by atoms with Crippen molar-refractivity contribution < 1.29 is 0 Å². The average molecular weight is 150 g/mol. The lowest BCUT2D eigenvalue weighted by Crippen LogP contribution is -2.18. The van der Waals surface area contributed by atoms with Gasteiger partial charge < -0.3 is 0 Å². The fourth-order valence-corrected chi connectivity index (χ4v) is 3.10. The van der Waals surface area contributed by atoms with E-state index in [1.54, 1.807) is 5.57 Å². The Morgan fingerprint density at radius 3 is 2.45 bits per heavy atom. The van der Waals surface area contributed by atoms with Crippen molar-refractivity contribution in [3.05, 3.63) is 11.6 Å². The zero-order valence-electron chi connectivity index (χ0n) is 7.80. The summed E-state index contributed by atoms with van der Waals surface area (Å²) >= 11 is 0. The van der Waals surface area contributed by atoms with E-state index in [0.29, 0.717) is 0 Å². The summed E-state index contributed by atoms with van der Waals surface area (Å²) in [6.45, 7) is 7.06. The van der Waals surface area contributed by atoms with Crippen molar-refractivity contribution in [3.63, 3.8) is 0 Å². The highest BCUT2D eigenvalue weighted by molar-refractivity contribution is 5.18. The first-order valence-electron chi connectivity index (χ1n) is 4.89. The molecule has 2 aliphatic rings. The molecule has 0 heterocycles. The van der Waals surface area contributed by atoms with Crippen LogP contribution in [0.15, 0.2) is 11.6 Å². The van der Waals surface area contributed by atoms with Crippen molar-refractivity contribution in [2.24, 2.45) is 23.7 Å². The van der Waals surface area contributed by atoms with E-state index in [4.69, 9.17) is 0 Å². The molecule has 0 spiro atoms. The molecule has 2 saturated carbocycles. The van der Waals surface area contributed by atoms with Gasteiger partial charge in [0.2, 0.25) is 0 Å². The highest BCUT2D eigenvalue weighted by Crippen LogP contribution is 2.54. The van der Waals surface area contributed by atoms with Gasteiger partial charge in [-0.1, -0.05) is 25.5 Å². The molecule has 0 N–H and O–H groups in total. The summed E-state index contributed by atoms with van der Waals surface area (Å²) in [7, 11) is 0. The highest BCUT2D eigenvalue weighted by atomic mass is 14.5. The van der Waals surface area contributed by atoms with Crippen LogP contribution in [-0.2, 0) is 0 Å². The molecule has 0 nitrogen and oxygen atoms in total. The highest BCUT2D eigenvalue weighted by Gasteiger charge is 2.45. The van der Waals surface area contributed by atoms with Crippen LogP contribution in [0.5, 0.6) is 0 Å². The molecule has 0 amide bonds. The largest absolute Gasteiger partial charge is 0.0882 e. The van der Waals surface area contributed by atoms with Crippen molar-refractivity contribution in [2.45, 2.75) is 33.6 Å². The van der Waals surface area contributed by atoms with Crippen LogP contribution in [0, 0.1) is 23.7 Å². The van der Waals surface area contributed by atoms with Crippen LogP contribution in [0.4, 0.5) is 0 Å². The maximum absolute atomic E-state index is 2.43.